The van der Waals surface area contributed by atoms with Crippen LogP contribution in [-0.2, 0) is 19.0 Å². The van der Waals surface area contributed by atoms with Crippen LogP contribution in [0.5, 0.6) is 0 Å². The van der Waals surface area contributed by atoms with Crippen molar-refractivity contribution < 1.29 is 19.0 Å². The van der Waals surface area contributed by atoms with Crippen molar-refractivity contribution in [2.75, 3.05) is 0 Å². The van der Waals surface area contributed by atoms with E-state index in [1.165, 1.54) is 0 Å². The van der Waals surface area contributed by atoms with E-state index in [2.05, 4.69) is 20.1 Å². The zero-order valence-electron chi connectivity index (χ0n) is 13.5. The largest absolute Gasteiger partial charge is 0.459 e. The molecule has 0 spiro atoms. The topological polar surface area (TPSA) is 44.8 Å². The summed E-state index contributed by atoms with van der Waals surface area (Å²) in [6, 6.07) is 0. The quantitative estimate of drug-likeness (QED) is 0.369. The van der Waals surface area contributed by atoms with Gasteiger partial charge in [0, 0.05) is 6.42 Å². The molecule has 0 amide bonds. The molecular formula is C17H28O4. The molecule has 1 aliphatic rings. The summed E-state index contributed by atoms with van der Waals surface area (Å²) in [7, 11) is 0. The van der Waals surface area contributed by atoms with E-state index in [-0.39, 0.29) is 24.3 Å². The van der Waals surface area contributed by atoms with Gasteiger partial charge in [0.2, 0.25) is 0 Å². The van der Waals surface area contributed by atoms with E-state index in [0.717, 1.165) is 25.7 Å². The van der Waals surface area contributed by atoms with Gasteiger partial charge in [-0.25, -0.2) is 0 Å². The second-order valence-electron chi connectivity index (χ2n) is 5.80. The van der Waals surface area contributed by atoms with E-state index in [0.29, 0.717) is 6.42 Å². The van der Waals surface area contributed by atoms with Crippen molar-refractivity contribution in [3.05, 3.63) is 25.3 Å². The Morgan fingerprint density at radius 1 is 1.38 bits per heavy atom. The Morgan fingerprint density at radius 3 is 2.67 bits per heavy atom. The number of hydrogen-bond donors (Lipinski definition) is 0. The highest BCUT2D eigenvalue weighted by atomic mass is 16.8. The number of ether oxygens (including phenoxy) is 3. The Kier molecular flexibility index (Phi) is 7.12. The van der Waals surface area contributed by atoms with Crippen LogP contribution in [0.4, 0.5) is 0 Å². The molecule has 3 atom stereocenters. The van der Waals surface area contributed by atoms with Crippen LogP contribution in [0.15, 0.2) is 25.3 Å². The normalized spacial score (nSPS) is 25.3. The number of esters is 1. The van der Waals surface area contributed by atoms with Crippen molar-refractivity contribution in [1.82, 2.24) is 0 Å². The summed E-state index contributed by atoms with van der Waals surface area (Å²) in [6.45, 7) is 13.2. The molecule has 0 saturated carbocycles. The lowest BCUT2D eigenvalue weighted by molar-refractivity contribution is -0.171. The minimum atomic E-state index is -0.676. The van der Waals surface area contributed by atoms with E-state index in [9.17, 15) is 4.79 Å². The van der Waals surface area contributed by atoms with Crippen LogP contribution in [0, 0.1) is 0 Å². The fraction of sp³-hybridized carbons (Fsp3) is 0.706. The number of unbranched alkanes of at least 4 members (excludes halogenated alkanes) is 1. The zero-order chi connectivity index (χ0) is 15.9. The molecule has 0 aliphatic carbocycles. The van der Waals surface area contributed by atoms with Crippen LogP contribution in [0.1, 0.15) is 52.9 Å². The van der Waals surface area contributed by atoms with Crippen LogP contribution >= 0.6 is 0 Å². The van der Waals surface area contributed by atoms with E-state index >= 15 is 0 Å². The first kappa shape index (κ1) is 17.9. The molecule has 0 aromatic rings. The van der Waals surface area contributed by atoms with E-state index in [1.807, 2.05) is 13.8 Å². The van der Waals surface area contributed by atoms with Crippen molar-refractivity contribution in [2.45, 2.75) is 77.0 Å². The van der Waals surface area contributed by atoms with Crippen molar-refractivity contribution in [3.63, 3.8) is 0 Å². The monoisotopic (exact) mass is 296 g/mol. The lowest BCUT2D eigenvalue weighted by Gasteiger charge is -2.25. The molecule has 4 heteroatoms. The average Bonchev–Trinajstić information content (AvgIpc) is 2.74. The maximum atomic E-state index is 11.9. The summed E-state index contributed by atoms with van der Waals surface area (Å²) < 4.78 is 17.3. The highest BCUT2D eigenvalue weighted by Crippen LogP contribution is 2.33. The SMILES string of the molecule is C=CCCCC(=O)O[C@H](CCC)[C@H]1OC(C)(C)O[C@H]1C=C. The van der Waals surface area contributed by atoms with Crippen LogP contribution in [-0.4, -0.2) is 30.1 Å². The zero-order valence-corrected chi connectivity index (χ0v) is 13.5. The number of carbonyl (C=O) groups excluding carboxylic acids is 1. The molecule has 1 saturated heterocycles. The smallest absolute Gasteiger partial charge is 0.306 e. The molecule has 1 fully saturated rings. The van der Waals surface area contributed by atoms with Crippen LogP contribution in [0.3, 0.4) is 0 Å². The molecule has 0 radical (unpaired) electrons. The summed E-state index contributed by atoms with van der Waals surface area (Å²) in [5.74, 6) is -0.864. The van der Waals surface area contributed by atoms with Crippen molar-refractivity contribution in [1.29, 1.82) is 0 Å². The van der Waals surface area contributed by atoms with Crippen molar-refractivity contribution in [2.24, 2.45) is 0 Å². The van der Waals surface area contributed by atoms with Gasteiger partial charge in [0.25, 0.3) is 0 Å². The third-order valence-electron chi connectivity index (χ3n) is 3.41. The van der Waals surface area contributed by atoms with E-state index in [4.69, 9.17) is 14.2 Å². The maximum Gasteiger partial charge on any atom is 0.306 e. The number of rotatable bonds is 9. The fourth-order valence-electron chi connectivity index (χ4n) is 2.48. The summed E-state index contributed by atoms with van der Waals surface area (Å²) in [6.07, 6.45) is 6.33. The predicted octanol–water partition coefficient (Wildman–Crippen LogP) is 3.76. The summed E-state index contributed by atoms with van der Waals surface area (Å²) >= 11 is 0. The Bertz CT molecular complexity index is 362. The standard InChI is InChI=1S/C17H28O4/c1-6-9-10-12-15(18)19-14(11-7-2)16-13(8-3)20-17(4,5)21-16/h6,8,13-14,16H,1,3,7,9-12H2,2,4-5H3/t13-,14+,16-/m0/s1. The van der Waals surface area contributed by atoms with E-state index in [1.54, 1.807) is 12.2 Å². The Hall–Kier alpha value is -1.13. The molecule has 0 bridgehead atoms. The highest BCUT2D eigenvalue weighted by molar-refractivity contribution is 5.69. The van der Waals surface area contributed by atoms with Gasteiger partial charge in [-0.2, -0.15) is 0 Å². The molecule has 0 aromatic heterocycles. The first-order valence-electron chi connectivity index (χ1n) is 7.72. The van der Waals surface area contributed by atoms with Gasteiger partial charge in [-0.1, -0.05) is 25.5 Å². The van der Waals surface area contributed by atoms with E-state index < -0.39 is 5.79 Å². The third-order valence-corrected chi connectivity index (χ3v) is 3.41. The lowest BCUT2D eigenvalue weighted by atomic mass is 10.0. The molecule has 1 heterocycles. The molecule has 21 heavy (non-hydrogen) atoms. The van der Waals surface area contributed by atoms with Gasteiger partial charge in [0.1, 0.15) is 18.3 Å². The van der Waals surface area contributed by atoms with Gasteiger partial charge in [-0.15, -0.1) is 13.2 Å². The second-order valence-corrected chi connectivity index (χ2v) is 5.80. The van der Waals surface area contributed by atoms with Crippen LogP contribution in [0.25, 0.3) is 0 Å². The van der Waals surface area contributed by atoms with Gasteiger partial charge in [-0.05, 0) is 33.1 Å². The fourth-order valence-corrected chi connectivity index (χ4v) is 2.48. The lowest BCUT2D eigenvalue weighted by Crippen LogP contribution is -2.38. The number of allylic oxidation sites excluding steroid dienone is 1. The highest BCUT2D eigenvalue weighted by Gasteiger charge is 2.44. The molecule has 0 aromatic carbocycles. The minimum Gasteiger partial charge on any atom is -0.459 e. The average molecular weight is 296 g/mol. The van der Waals surface area contributed by atoms with Gasteiger partial charge in [0.05, 0.1) is 0 Å². The van der Waals surface area contributed by atoms with Gasteiger partial charge in [-0.3, -0.25) is 4.79 Å². The van der Waals surface area contributed by atoms with Gasteiger partial charge >= 0.3 is 5.97 Å². The minimum absolute atomic E-state index is 0.189. The summed E-state index contributed by atoms with van der Waals surface area (Å²) in [4.78, 5) is 11.9. The second kappa shape index (κ2) is 8.35. The number of carbonyl (C=O) groups is 1. The molecule has 0 unspecified atom stereocenters. The Morgan fingerprint density at radius 2 is 2.10 bits per heavy atom. The summed E-state index contributed by atoms with van der Waals surface area (Å²) in [5, 5.41) is 0. The van der Waals surface area contributed by atoms with Crippen molar-refractivity contribution >= 4 is 5.97 Å². The maximum absolute atomic E-state index is 11.9. The first-order valence-corrected chi connectivity index (χ1v) is 7.72. The van der Waals surface area contributed by atoms with Crippen LogP contribution in [0.2, 0.25) is 0 Å². The van der Waals surface area contributed by atoms with Gasteiger partial charge in [0.15, 0.2) is 5.79 Å². The molecule has 120 valence electrons. The molecular weight excluding hydrogens is 268 g/mol. The van der Waals surface area contributed by atoms with Crippen LogP contribution < -0.4 is 0 Å². The molecule has 4 nitrogen and oxygen atoms in total. The number of hydrogen-bond acceptors (Lipinski definition) is 4. The molecule has 1 rings (SSSR count). The predicted molar refractivity (Wildman–Crippen MR) is 82.9 cm³/mol. The van der Waals surface area contributed by atoms with Gasteiger partial charge < -0.3 is 14.2 Å². The molecule has 0 N–H and O–H groups in total. The Labute approximate surface area is 128 Å². The molecule has 1 aliphatic heterocycles. The Balaban J connectivity index is 2.65. The summed E-state index contributed by atoms with van der Waals surface area (Å²) in [5.41, 5.74) is 0. The van der Waals surface area contributed by atoms with Crippen molar-refractivity contribution in [3.8, 4) is 0 Å². The third kappa shape index (κ3) is 5.64. The first-order chi connectivity index (χ1) is 9.93.